The number of aliphatic hydroxyl groups is 1. The van der Waals surface area contributed by atoms with Crippen LogP contribution in [0.15, 0.2) is 36.9 Å². The summed E-state index contributed by atoms with van der Waals surface area (Å²) in [4.78, 5) is 14.1. The molecule has 1 amide bonds. The van der Waals surface area contributed by atoms with Gasteiger partial charge in [-0.05, 0) is 25.5 Å². The molecule has 0 atom stereocenters. The van der Waals surface area contributed by atoms with Crippen LogP contribution >= 0.6 is 0 Å². The second kappa shape index (κ2) is 8.32. The average Bonchev–Trinajstić information content (AvgIpc) is 2.46. The van der Waals surface area contributed by atoms with Crippen molar-refractivity contribution in [1.82, 2.24) is 4.90 Å². The zero-order valence-electron chi connectivity index (χ0n) is 11.3. The summed E-state index contributed by atoms with van der Waals surface area (Å²) in [6, 6.07) is 7.17. The fourth-order valence-corrected chi connectivity index (χ4v) is 1.75. The molecule has 0 unspecified atom stereocenters. The summed E-state index contributed by atoms with van der Waals surface area (Å²) in [5, 5.41) is 8.86. The minimum atomic E-state index is -0.0735. The van der Waals surface area contributed by atoms with Crippen LogP contribution in [0.3, 0.4) is 0 Å². The predicted octanol–water partition coefficient (Wildman–Crippen LogP) is 2.10. The standard InChI is InChI=1S/C15H21NO3/c1-3-12-19-14-9-6-5-8-13(14)15(18)16(4-2)10-7-11-17/h3,5-6,8-9,17H,1,4,7,10-12H2,2H3. The Morgan fingerprint density at radius 3 is 2.84 bits per heavy atom. The van der Waals surface area contributed by atoms with Gasteiger partial charge in [-0.1, -0.05) is 24.8 Å². The second-order valence-electron chi connectivity index (χ2n) is 4.06. The van der Waals surface area contributed by atoms with Gasteiger partial charge in [0.1, 0.15) is 12.4 Å². The van der Waals surface area contributed by atoms with Crippen LogP contribution in [-0.2, 0) is 0 Å². The number of aliphatic hydroxyl groups excluding tert-OH is 1. The lowest BCUT2D eigenvalue weighted by Crippen LogP contribution is -2.32. The zero-order valence-corrected chi connectivity index (χ0v) is 11.3. The first-order valence-electron chi connectivity index (χ1n) is 6.47. The number of amides is 1. The van der Waals surface area contributed by atoms with Crippen LogP contribution in [0.4, 0.5) is 0 Å². The van der Waals surface area contributed by atoms with Crippen LogP contribution < -0.4 is 4.74 Å². The molecule has 4 nitrogen and oxygen atoms in total. The molecule has 0 bridgehead atoms. The Hall–Kier alpha value is -1.81. The Kier molecular flexibility index (Phi) is 6.68. The normalized spacial score (nSPS) is 10.0. The number of hydrogen-bond acceptors (Lipinski definition) is 3. The molecular weight excluding hydrogens is 242 g/mol. The van der Waals surface area contributed by atoms with Crippen LogP contribution in [-0.4, -0.2) is 42.2 Å². The molecule has 1 N–H and O–H groups in total. The van der Waals surface area contributed by atoms with E-state index >= 15 is 0 Å². The average molecular weight is 263 g/mol. The second-order valence-corrected chi connectivity index (χ2v) is 4.06. The molecule has 0 radical (unpaired) electrons. The lowest BCUT2D eigenvalue weighted by atomic mass is 10.1. The first kappa shape index (κ1) is 15.2. The molecule has 1 rings (SSSR count). The van der Waals surface area contributed by atoms with Crippen molar-refractivity contribution >= 4 is 5.91 Å². The van der Waals surface area contributed by atoms with Gasteiger partial charge in [-0.2, -0.15) is 0 Å². The van der Waals surface area contributed by atoms with E-state index in [1.807, 2.05) is 19.1 Å². The van der Waals surface area contributed by atoms with Gasteiger partial charge in [0.15, 0.2) is 0 Å². The van der Waals surface area contributed by atoms with Crippen molar-refractivity contribution < 1.29 is 14.6 Å². The third kappa shape index (κ3) is 4.41. The number of carbonyl (C=O) groups excluding carboxylic acids is 1. The number of carbonyl (C=O) groups is 1. The van der Waals surface area contributed by atoms with E-state index in [-0.39, 0.29) is 12.5 Å². The molecule has 0 aromatic heterocycles. The molecule has 0 spiro atoms. The van der Waals surface area contributed by atoms with Crippen LogP contribution in [0, 0.1) is 0 Å². The van der Waals surface area contributed by atoms with Gasteiger partial charge in [0.2, 0.25) is 0 Å². The van der Waals surface area contributed by atoms with Gasteiger partial charge < -0.3 is 14.7 Å². The van der Waals surface area contributed by atoms with Crippen LogP contribution in [0.25, 0.3) is 0 Å². The molecule has 0 fully saturated rings. The van der Waals surface area contributed by atoms with E-state index in [1.54, 1.807) is 23.1 Å². The van der Waals surface area contributed by atoms with E-state index in [0.717, 1.165) is 0 Å². The van der Waals surface area contributed by atoms with Gasteiger partial charge in [-0.25, -0.2) is 0 Å². The number of hydrogen-bond donors (Lipinski definition) is 1. The van der Waals surface area contributed by atoms with Gasteiger partial charge in [0.25, 0.3) is 5.91 Å². The van der Waals surface area contributed by atoms with Gasteiger partial charge in [-0.3, -0.25) is 4.79 Å². The maximum absolute atomic E-state index is 12.4. The number of para-hydroxylation sites is 1. The summed E-state index contributed by atoms with van der Waals surface area (Å²) in [6.07, 6.45) is 2.22. The number of ether oxygens (including phenoxy) is 1. The highest BCUT2D eigenvalue weighted by Gasteiger charge is 2.17. The van der Waals surface area contributed by atoms with Crippen molar-refractivity contribution in [2.45, 2.75) is 13.3 Å². The number of benzene rings is 1. The van der Waals surface area contributed by atoms with Gasteiger partial charge in [0, 0.05) is 19.7 Å². The van der Waals surface area contributed by atoms with Gasteiger partial charge >= 0.3 is 0 Å². The van der Waals surface area contributed by atoms with Gasteiger partial charge in [0.05, 0.1) is 5.56 Å². The van der Waals surface area contributed by atoms with Crippen LogP contribution in [0.1, 0.15) is 23.7 Å². The van der Waals surface area contributed by atoms with Crippen molar-refractivity contribution in [1.29, 1.82) is 0 Å². The molecular formula is C15H21NO3. The molecule has 19 heavy (non-hydrogen) atoms. The Bertz CT molecular complexity index is 418. The summed E-state index contributed by atoms with van der Waals surface area (Å²) in [7, 11) is 0. The fourth-order valence-electron chi connectivity index (χ4n) is 1.75. The zero-order chi connectivity index (χ0) is 14.1. The molecule has 0 saturated carbocycles. The Labute approximate surface area is 114 Å². The highest BCUT2D eigenvalue weighted by Crippen LogP contribution is 2.20. The Balaban J connectivity index is 2.87. The summed E-state index contributed by atoms with van der Waals surface area (Å²) in [6.45, 7) is 7.11. The topological polar surface area (TPSA) is 49.8 Å². The summed E-state index contributed by atoms with van der Waals surface area (Å²) < 4.78 is 5.49. The van der Waals surface area contributed by atoms with E-state index in [0.29, 0.717) is 37.4 Å². The summed E-state index contributed by atoms with van der Waals surface area (Å²) >= 11 is 0. The maximum atomic E-state index is 12.4. The number of nitrogens with zero attached hydrogens (tertiary/aromatic N) is 1. The Morgan fingerprint density at radius 1 is 1.47 bits per heavy atom. The van der Waals surface area contributed by atoms with E-state index in [4.69, 9.17) is 9.84 Å². The van der Waals surface area contributed by atoms with E-state index in [2.05, 4.69) is 6.58 Å². The highest BCUT2D eigenvalue weighted by molar-refractivity contribution is 5.96. The Morgan fingerprint density at radius 2 is 2.21 bits per heavy atom. The van der Waals surface area contributed by atoms with Crippen molar-refractivity contribution in [3.8, 4) is 5.75 Å². The van der Waals surface area contributed by atoms with Crippen molar-refractivity contribution in [2.24, 2.45) is 0 Å². The van der Waals surface area contributed by atoms with Crippen molar-refractivity contribution in [2.75, 3.05) is 26.3 Å². The first-order chi connectivity index (χ1) is 9.24. The molecule has 0 aliphatic heterocycles. The minimum absolute atomic E-state index is 0.0735. The van der Waals surface area contributed by atoms with E-state index < -0.39 is 0 Å². The molecule has 104 valence electrons. The van der Waals surface area contributed by atoms with Crippen LogP contribution in [0.2, 0.25) is 0 Å². The molecule has 0 aliphatic carbocycles. The molecule has 0 heterocycles. The largest absolute Gasteiger partial charge is 0.489 e. The van der Waals surface area contributed by atoms with Crippen molar-refractivity contribution in [3.05, 3.63) is 42.5 Å². The smallest absolute Gasteiger partial charge is 0.257 e. The summed E-state index contributed by atoms with van der Waals surface area (Å²) in [5.74, 6) is 0.491. The fraction of sp³-hybridized carbons (Fsp3) is 0.400. The minimum Gasteiger partial charge on any atom is -0.489 e. The lowest BCUT2D eigenvalue weighted by Gasteiger charge is -2.21. The maximum Gasteiger partial charge on any atom is 0.257 e. The molecule has 0 aliphatic rings. The highest BCUT2D eigenvalue weighted by atomic mass is 16.5. The third-order valence-electron chi connectivity index (χ3n) is 2.73. The molecule has 4 heteroatoms. The monoisotopic (exact) mass is 263 g/mol. The SMILES string of the molecule is C=CCOc1ccccc1C(=O)N(CC)CCCO. The third-order valence-corrected chi connectivity index (χ3v) is 2.73. The molecule has 0 saturated heterocycles. The van der Waals surface area contributed by atoms with E-state index in [1.165, 1.54) is 0 Å². The first-order valence-corrected chi connectivity index (χ1v) is 6.47. The quantitative estimate of drug-likeness (QED) is 0.731. The number of rotatable bonds is 8. The summed E-state index contributed by atoms with van der Waals surface area (Å²) in [5.41, 5.74) is 0.545. The van der Waals surface area contributed by atoms with Gasteiger partial charge in [-0.15, -0.1) is 0 Å². The van der Waals surface area contributed by atoms with Crippen LogP contribution in [0.5, 0.6) is 5.75 Å². The molecule has 1 aromatic rings. The predicted molar refractivity (Wildman–Crippen MR) is 75.4 cm³/mol. The molecule has 1 aromatic carbocycles. The lowest BCUT2D eigenvalue weighted by molar-refractivity contribution is 0.0750. The van der Waals surface area contributed by atoms with E-state index in [9.17, 15) is 4.79 Å². The van der Waals surface area contributed by atoms with Crippen molar-refractivity contribution in [3.63, 3.8) is 0 Å².